The van der Waals surface area contributed by atoms with Crippen LogP contribution in [0, 0.1) is 11.8 Å². The quantitative estimate of drug-likeness (QED) is 0.834. The lowest BCUT2D eigenvalue weighted by atomic mass is 9.78. The first kappa shape index (κ1) is 17.9. The van der Waals surface area contributed by atoms with Gasteiger partial charge in [-0.15, -0.1) is 0 Å². The molecular formula is C20H28N2O3. The van der Waals surface area contributed by atoms with Gasteiger partial charge in [0.15, 0.2) is 0 Å². The van der Waals surface area contributed by atoms with Gasteiger partial charge in [-0.05, 0) is 49.4 Å². The molecule has 1 saturated heterocycles. The summed E-state index contributed by atoms with van der Waals surface area (Å²) in [5, 5.41) is 3.47. The molecule has 2 aliphatic rings. The van der Waals surface area contributed by atoms with Crippen LogP contribution in [-0.2, 0) is 9.59 Å². The number of hydrogen-bond donors (Lipinski definition) is 1. The molecule has 5 nitrogen and oxygen atoms in total. The summed E-state index contributed by atoms with van der Waals surface area (Å²) < 4.78 is 5.42. The number of imide groups is 1. The summed E-state index contributed by atoms with van der Waals surface area (Å²) in [6.07, 6.45) is 3.74. The Kier molecular flexibility index (Phi) is 5.42. The molecule has 4 atom stereocenters. The first-order valence-electron chi connectivity index (χ1n) is 9.37. The fourth-order valence-electron chi connectivity index (χ4n) is 3.97. The molecule has 2 amide bonds. The van der Waals surface area contributed by atoms with Gasteiger partial charge in [-0.2, -0.15) is 0 Å². The van der Waals surface area contributed by atoms with Crippen LogP contribution in [0.3, 0.4) is 0 Å². The van der Waals surface area contributed by atoms with Crippen molar-refractivity contribution < 1.29 is 14.3 Å². The number of anilines is 1. The second kappa shape index (κ2) is 7.56. The molecule has 1 N–H and O–H groups in total. The molecule has 3 rings (SSSR count). The standard InChI is InChI=1S/C20H28N2O3/c1-4-25-16-10-8-15(9-11-16)22-19(23)12-18(20(22)24)21-17-7-5-6-13(2)14(17)3/h8-11,13-14,17-18,21H,4-7,12H2,1-3H3/t13-,14-,17+,18-/m0/s1. The van der Waals surface area contributed by atoms with Crippen LogP contribution in [0.15, 0.2) is 24.3 Å². The van der Waals surface area contributed by atoms with E-state index in [0.717, 1.165) is 12.2 Å². The number of carbonyl (C=O) groups excluding carboxylic acids is 2. The van der Waals surface area contributed by atoms with Crippen LogP contribution in [0.5, 0.6) is 5.75 Å². The molecule has 1 heterocycles. The molecule has 0 radical (unpaired) electrons. The Balaban J connectivity index is 1.69. The van der Waals surface area contributed by atoms with Gasteiger partial charge in [0.05, 0.1) is 24.8 Å². The van der Waals surface area contributed by atoms with Crippen molar-refractivity contribution in [1.29, 1.82) is 0 Å². The third kappa shape index (κ3) is 3.71. The highest BCUT2D eigenvalue weighted by molar-refractivity contribution is 6.22. The summed E-state index contributed by atoms with van der Waals surface area (Å²) >= 11 is 0. The largest absolute Gasteiger partial charge is 0.494 e. The van der Waals surface area contributed by atoms with E-state index in [1.807, 2.05) is 6.92 Å². The van der Waals surface area contributed by atoms with Gasteiger partial charge in [0.1, 0.15) is 5.75 Å². The van der Waals surface area contributed by atoms with E-state index in [1.54, 1.807) is 24.3 Å². The Bertz CT molecular complexity index is 628. The zero-order valence-corrected chi connectivity index (χ0v) is 15.3. The van der Waals surface area contributed by atoms with Gasteiger partial charge in [0, 0.05) is 6.04 Å². The number of nitrogens with one attached hydrogen (secondary N) is 1. The molecule has 5 heteroatoms. The molecular weight excluding hydrogens is 316 g/mol. The number of carbonyl (C=O) groups is 2. The Morgan fingerprint density at radius 3 is 2.56 bits per heavy atom. The molecule has 1 aromatic rings. The van der Waals surface area contributed by atoms with Crippen molar-refractivity contribution in [3.8, 4) is 5.75 Å². The number of nitrogens with zero attached hydrogens (tertiary/aromatic N) is 1. The molecule has 0 bridgehead atoms. The lowest BCUT2D eigenvalue weighted by Gasteiger charge is -2.36. The highest BCUT2D eigenvalue weighted by Crippen LogP contribution is 2.31. The van der Waals surface area contributed by atoms with Crippen LogP contribution in [0.25, 0.3) is 0 Å². The highest BCUT2D eigenvalue weighted by Gasteiger charge is 2.41. The SMILES string of the molecule is CCOc1ccc(N2C(=O)C[C@H](N[C@@H]3CCC[C@H](C)[C@@H]3C)C2=O)cc1. The number of amides is 2. The number of benzene rings is 1. The van der Waals surface area contributed by atoms with Crippen LogP contribution in [0.2, 0.25) is 0 Å². The lowest BCUT2D eigenvalue weighted by molar-refractivity contribution is -0.121. The zero-order valence-electron chi connectivity index (χ0n) is 15.3. The Hall–Kier alpha value is -1.88. The average molecular weight is 344 g/mol. The maximum Gasteiger partial charge on any atom is 0.251 e. The molecule has 1 aliphatic carbocycles. The fourth-order valence-corrected chi connectivity index (χ4v) is 3.97. The van der Waals surface area contributed by atoms with Gasteiger partial charge in [0.25, 0.3) is 5.91 Å². The molecule has 1 aromatic carbocycles. The van der Waals surface area contributed by atoms with Crippen molar-refractivity contribution >= 4 is 17.5 Å². The highest BCUT2D eigenvalue weighted by atomic mass is 16.5. The van der Waals surface area contributed by atoms with Crippen LogP contribution in [0.1, 0.15) is 46.5 Å². The molecule has 2 fully saturated rings. The molecule has 0 unspecified atom stereocenters. The predicted molar refractivity (Wildman–Crippen MR) is 97.6 cm³/mol. The third-order valence-corrected chi connectivity index (χ3v) is 5.67. The van der Waals surface area contributed by atoms with E-state index in [9.17, 15) is 9.59 Å². The molecule has 1 saturated carbocycles. The van der Waals surface area contributed by atoms with E-state index in [4.69, 9.17) is 4.74 Å². The van der Waals surface area contributed by atoms with Crippen molar-refractivity contribution in [2.45, 2.75) is 58.5 Å². The van der Waals surface area contributed by atoms with Gasteiger partial charge in [-0.1, -0.05) is 26.7 Å². The van der Waals surface area contributed by atoms with Crippen LogP contribution >= 0.6 is 0 Å². The smallest absolute Gasteiger partial charge is 0.251 e. The van der Waals surface area contributed by atoms with Gasteiger partial charge < -0.3 is 10.1 Å². The van der Waals surface area contributed by atoms with Crippen molar-refractivity contribution in [3.63, 3.8) is 0 Å². The maximum atomic E-state index is 12.8. The first-order valence-corrected chi connectivity index (χ1v) is 9.37. The monoisotopic (exact) mass is 344 g/mol. The second-order valence-electron chi connectivity index (χ2n) is 7.29. The summed E-state index contributed by atoms with van der Waals surface area (Å²) in [5.41, 5.74) is 0.618. The summed E-state index contributed by atoms with van der Waals surface area (Å²) in [6, 6.07) is 7.04. The van der Waals surface area contributed by atoms with E-state index in [-0.39, 0.29) is 18.2 Å². The molecule has 136 valence electrons. The van der Waals surface area contributed by atoms with Crippen molar-refractivity contribution in [2.24, 2.45) is 11.8 Å². The predicted octanol–water partition coefficient (Wildman–Crippen LogP) is 3.13. The third-order valence-electron chi connectivity index (χ3n) is 5.67. The molecule has 1 aliphatic heterocycles. The van der Waals surface area contributed by atoms with Crippen molar-refractivity contribution in [2.75, 3.05) is 11.5 Å². The molecule has 25 heavy (non-hydrogen) atoms. The topological polar surface area (TPSA) is 58.6 Å². The summed E-state index contributed by atoms with van der Waals surface area (Å²) in [5.74, 6) is 1.64. The minimum absolute atomic E-state index is 0.136. The van der Waals surface area contributed by atoms with Crippen LogP contribution < -0.4 is 15.0 Å². The van der Waals surface area contributed by atoms with E-state index in [1.165, 1.54) is 17.7 Å². The summed E-state index contributed by atoms with van der Waals surface area (Å²) in [7, 11) is 0. The van der Waals surface area contributed by atoms with Crippen molar-refractivity contribution in [3.05, 3.63) is 24.3 Å². The second-order valence-corrected chi connectivity index (χ2v) is 7.29. The Labute approximate surface area is 149 Å². The molecule has 0 spiro atoms. The van der Waals surface area contributed by atoms with E-state index < -0.39 is 6.04 Å². The van der Waals surface area contributed by atoms with Crippen LogP contribution in [-0.4, -0.2) is 30.5 Å². The van der Waals surface area contributed by atoms with Crippen LogP contribution in [0.4, 0.5) is 5.69 Å². The minimum atomic E-state index is -0.406. The fraction of sp³-hybridized carbons (Fsp3) is 0.600. The minimum Gasteiger partial charge on any atom is -0.494 e. The number of hydrogen-bond acceptors (Lipinski definition) is 4. The van der Waals surface area contributed by atoms with Gasteiger partial charge in [-0.3, -0.25) is 9.59 Å². The zero-order chi connectivity index (χ0) is 18.0. The number of rotatable bonds is 5. The first-order chi connectivity index (χ1) is 12.0. The Morgan fingerprint density at radius 2 is 1.88 bits per heavy atom. The van der Waals surface area contributed by atoms with Gasteiger partial charge in [-0.25, -0.2) is 4.90 Å². The van der Waals surface area contributed by atoms with E-state index in [0.29, 0.717) is 30.2 Å². The van der Waals surface area contributed by atoms with Crippen molar-refractivity contribution in [1.82, 2.24) is 5.32 Å². The molecule has 0 aromatic heterocycles. The normalized spacial score (nSPS) is 30.0. The average Bonchev–Trinajstić information content (AvgIpc) is 2.87. The van der Waals surface area contributed by atoms with E-state index in [2.05, 4.69) is 19.2 Å². The van der Waals surface area contributed by atoms with Gasteiger partial charge >= 0.3 is 0 Å². The van der Waals surface area contributed by atoms with E-state index >= 15 is 0 Å². The summed E-state index contributed by atoms with van der Waals surface area (Å²) in [6.45, 7) is 7.02. The summed E-state index contributed by atoms with van der Waals surface area (Å²) in [4.78, 5) is 26.5. The Morgan fingerprint density at radius 1 is 1.16 bits per heavy atom. The van der Waals surface area contributed by atoms with Gasteiger partial charge in [0.2, 0.25) is 5.91 Å². The maximum absolute atomic E-state index is 12.8. The lowest BCUT2D eigenvalue weighted by Crippen LogP contribution is -2.48. The number of ether oxygens (including phenoxy) is 1.